The van der Waals surface area contributed by atoms with E-state index in [2.05, 4.69) is 20.5 Å². The second-order valence-electron chi connectivity index (χ2n) is 6.48. The Kier molecular flexibility index (Phi) is 3.99. The molecule has 2 atom stereocenters. The standard InChI is InChI=1S/C17H19N5O2S/c1-9-16(23)19-13-7-11(3-4-14(13)25-9)17(24)22-6-5-12(8-22)15-18-10(2)20-21-15/h3-4,7,9,12H,5-6,8H2,1-2H3,(H,19,23)(H,18,20,21). The van der Waals surface area contributed by atoms with Crippen molar-refractivity contribution in [1.82, 2.24) is 20.1 Å². The number of aryl methyl sites for hydroxylation is 1. The van der Waals surface area contributed by atoms with E-state index < -0.39 is 0 Å². The first-order chi connectivity index (χ1) is 12.0. The van der Waals surface area contributed by atoms with Crippen molar-refractivity contribution < 1.29 is 9.59 Å². The van der Waals surface area contributed by atoms with Crippen LogP contribution in [0.2, 0.25) is 0 Å². The van der Waals surface area contributed by atoms with Gasteiger partial charge in [0.2, 0.25) is 5.91 Å². The van der Waals surface area contributed by atoms with E-state index in [9.17, 15) is 9.59 Å². The van der Waals surface area contributed by atoms with Crippen molar-refractivity contribution in [3.05, 3.63) is 35.4 Å². The van der Waals surface area contributed by atoms with Gasteiger partial charge in [0, 0.05) is 29.5 Å². The fourth-order valence-corrected chi connectivity index (χ4v) is 4.15. The Morgan fingerprint density at radius 2 is 2.24 bits per heavy atom. The minimum absolute atomic E-state index is 0.0181. The fourth-order valence-electron chi connectivity index (χ4n) is 3.22. The zero-order chi connectivity index (χ0) is 17.6. The van der Waals surface area contributed by atoms with Crippen LogP contribution in [0.3, 0.4) is 0 Å². The van der Waals surface area contributed by atoms with Gasteiger partial charge < -0.3 is 10.2 Å². The number of nitrogens with one attached hydrogen (secondary N) is 2. The Bertz CT molecular complexity index is 849. The minimum atomic E-state index is -0.113. The molecule has 0 spiro atoms. The van der Waals surface area contributed by atoms with Gasteiger partial charge in [-0.25, -0.2) is 4.98 Å². The average Bonchev–Trinajstić information content (AvgIpc) is 3.24. The van der Waals surface area contributed by atoms with Gasteiger partial charge >= 0.3 is 0 Å². The number of fused-ring (bicyclic) bond motifs is 1. The molecule has 2 N–H and O–H groups in total. The van der Waals surface area contributed by atoms with Gasteiger partial charge in [-0.05, 0) is 38.5 Å². The molecule has 8 heteroatoms. The first-order valence-corrected chi connectivity index (χ1v) is 9.19. The van der Waals surface area contributed by atoms with Crippen molar-refractivity contribution in [3.63, 3.8) is 0 Å². The smallest absolute Gasteiger partial charge is 0.253 e. The van der Waals surface area contributed by atoms with Gasteiger partial charge in [-0.2, -0.15) is 5.10 Å². The lowest BCUT2D eigenvalue weighted by molar-refractivity contribution is -0.115. The van der Waals surface area contributed by atoms with Gasteiger partial charge in [0.1, 0.15) is 5.82 Å². The monoisotopic (exact) mass is 357 g/mol. The van der Waals surface area contributed by atoms with Gasteiger partial charge in [0.25, 0.3) is 5.91 Å². The molecule has 130 valence electrons. The summed E-state index contributed by atoms with van der Waals surface area (Å²) in [5.41, 5.74) is 1.32. The number of thioether (sulfide) groups is 1. The molecule has 0 radical (unpaired) electrons. The van der Waals surface area contributed by atoms with Crippen molar-refractivity contribution >= 4 is 29.3 Å². The molecule has 3 heterocycles. The Labute approximate surface area is 149 Å². The molecule has 2 unspecified atom stereocenters. The van der Waals surface area contributed by atoms with E-state index in [-0.39, 0.29) is 23.0 Å². The van der Waals surface area contributed by atoms with Crippen LogP contribution in [-0.2, 0) is 4.79 Å². The summed E-state index contributed by atoms with van der Waals surface area (Å²) in [5, 5.41) is 9.83. The van der Waals surface area contributed by atoms with E-state index >= 15 is 0 Å². The lowest BCUT2D eigenvalue weighted by atomic mass is 10.1. The molecule has 1 saturated heterocycles. The molecule has 2 aromatic rings. The zero-order valence-corrected chi connectivity index (χ0v) is 14.9. The number of H-pyrrole nitrogens is 1. The van der Waals surface area contributed by atoms with Crippen LogP contribution in [0.1, 0.15) is 41.3 Å². The Morgan fingerprint density at radius 1 is 1.40 bits per heavy atom. The number of aromatic nitrogens is 3. The lowest BCUT2D eigenvalue weighted by Crippen LogP contribution is -2.30. The molecule has 0 bridgehead atoms. The van der Waals surface area contributed by atoms with Gasteiger partial charge in [-0.1, -0.05) is 0 Å². The molecule has 7 nitrogen and oxygen atoms in total. The summed E-state index contributed by atoms with van der Waals surface area (Å²) in [6.07, 6.45) is 0.859. The maximum atomic E-state index is 12.8. The van der Waals surface area contributed by atoms with Crippen LogP contribution in [0.15, 0.2) is 23.1 Å². The van der Waals surface area contributed by atoms with Gasteiger partial charge in [0.15, 0.2) is 5.82 Å². The van der Waals surface area contributed by atoms with E-state index in [1.807, 2.05) is 30.9 Å². The van der Waals surface area contributed by atoms with Crippen molar-refractivity contribution in [2.24, 2.45) is 0 Å². The quantitative estimate of drug-likeness (QED) is 0.860. The molecule has 1 aromatic heterocycles. The first-order valence-electron chi connectivity index (χ1n) is 8.31. The number of nitrogens with zero attached hydrogens (tertiary/aromatic N) is 3. The topological polar surface area (TPSA) is 91.0 Å². The van der Waals surface area contributed by atoms with Crippen LogP contribution in [0.4, 0.5) is 5.69 Å². The highest BCUT2D eigenvalue weighted by molar-refractivity contribution is 8.00. The van der Waals surface area contributed by atoms with E-state index in [1.165, 1.54) is 11.8 Å². The summed E-state index contributed by atoms with van der Waals surface area (Å²) in [6, 6.07) is 5.52. The molecular weight excluding hydrogens is 338 g/mol. The second-order valence-corrected chi connectivity index (χ2v) is 7.86. The highest BCUT2D eigenvalue weighted by Crippen LogP contribution is 2.36. The highest BCUT2D eigenvalue weighted by Gasteiger charge is 2.31. The summed E-state index contributed by atoms with van der Waals surface area (Å²) in [6.45, 7) is 5.05. The van der Waals surface area contributed by atoms with Crippen molar-refractivity contribution in [3.8, 4) is 0 Å². The number of hydrogen-bond acceptors (Lipinski definition) is 5. The SMILES string of the molecule is Cc1nc(C2CCN(C(=O)c3ccc4c(c3)NC(=O)C(C)S4)C2)n[nH]1. The predicted octanol–water partition coefficient (Wildman–Crippen LogP) is 2.18. The fraction of sp³-hybridized carbons (Fsp3) is 0.412. The van der Waals surface area contributed by atoms with Crippen molar-refractivity contribution in [2.75, 3.05) is 18.4 Å². The lowest BCUT2D eigenvalue weighted by Gasteiger charge is -2.23. The van der Waals surface area contributed by atoms with Crippen LogP contribution < -0.4 is 5.32 Å². The second kappa shape index (κ2) is 6.18. The number of carbonyl (C=O) groups excluding carboxylic acids is 2. The van der Waals surface area contributed by atoms with Crippen LogP contribution in [0.25, 0.3) is 0 Å². The summed E-state index contributed by atoms with van der Waals surface area (Å²) < 4.78 is 0. The molecule has 0 aliphatic carbocycles. The van der Waals surface area contributed by atoms with Crippen LogP contribution in [0.5, 0.6) is 0 Å². The molecule has 2 amide bonds. The summed E-state index contributed by atoms with van der Waals surface area (Å²) >= 11 is 1.52. The zero-order valence-electron chi connectivity index (χ0n) is 14.1. The number of amides is 2. The van der Waals surface area contributed by atoms with E-state index in [0.29, 0.717) is 18.7 Å². The van der Waals surface area contributed by atoms with Crippen LogP contribution in [-0.4, -0.2) is 50.2 Å². The summed E-state index contributed by atoms with van der Waals surface area (Å²) in [5.74, 6) is 1.69. The molecular formula is C17H19N5O2S. The number of benzene rings is 1. The number of anilines is 1. The van der Waals surface area contributed by atoms with E-state index in [1.54, 1.807) is 6.07 Å². The van der Waals surface area contributed by atoms with Crippen molar-refractivity contribution in [2.45, 2.75) is 36.3 Å². The number of rotatable bonds is 2. The van der Waals surface area contributed by atoms with Gasteiger partial charge in [-0.15, -0.1) is 11.8 Å². The molecule has 4 rings (SSSR count). The first kappa shape index (κ1) is 16.1. The number of carbonyl (C=O) groups is 2. The maximum absolute atomic E-state index is 12.8. The molecule has 2 aliphatic heterocycles. The molecule has 1 aromatic carbocycles. The molecule has 25 heavy (non-hydrogen) atoms. The Hall–Kier alpha value is -2.35. The van der Waals surface area contributed by atoms with E-state index in [0.717, 1.165) is 28.7 Å². The Balaban J connectivity index is 1.50. The summed E-state index contributed by atoms with van der Waals surface area (Å²) in [4.78, 5) is 31.9. The van der Waals surface area contributed by atoms with Gasteiger partial charge in [0.05, 0.1) is 10.9 Å². The normalized spacial score (nSPS) is 22.6. The molecule has 1 fully saturated rings. The molecule has 2 aliphatic rings. The number of hydrogen-bond donors (Lipinski definition) is 2. The largest absolute Gasteiger partial charge is 0.338 e. The average molecular weight is 357 g/mol. The third-order valence-electron chi connectivity index (χ3n) is 4.61. The third-order valence-corrected chi connectivity index (χ3v) is 5.79. The summed E-state index contributed by atoms with van der Waals surface area (Å²) in [7, 11) is 0. The minimum Gasteiger partial charge on any atom is -0.338 e. The van der Waals surface area contributed by atoms with Crippen LogP contribution in [0, 0.1) is 6.92 Å². The Morgan fingerprint density at radius 3 is 3.00 bits per heavy atom. The van der Waals surface area contributed by atoms with Crippen LogP contribution >= 0.6 is 11.8 Å². The third kappa shape index (κ3) is 3.02. The number of likely N-dealkylation sites (tertiary alicyclic amines) is 1. The van der Waals surface area contributed by atoms with Crippen molar-refractivity contribution in [1.29, 1.82) is 0 Å². The maximum Gasteiger partial charge on any atom is 0.253 e. The molecule has 0 saturated carbocycles. The van der Waals surface area contributed by atoms with Gasteiger partial charge in [-0.3, -0.25) is 14.7 Å². The van der Waals surface area contributed by atoms with E-state index in [4.69, 9.17) is 0 Å². The number of aromatic amines is 1. The highest BCUT2D eigenvalue weighted by atomic mass is 32.2. The predicted molar refractivity (Wildman–Crippen MR) is 94.8 cm³/mol.